The molecule has 3 rings (SSSR count). The summed E-state index contributed by atoms with van der Waals surface area (Å²) in [6.07, 6.45) is 0. The largest absolute Gasteiger partial charge is 0.439 e. The molecule has 2 heterocycles. The Kier molecular flexibility index (Phi) is 5.32. The van der Waals surface area contributed by atoms with Crippen molar-refractivity contribution in [3.63, 3.8) is 0 Å². The summed E-state index contributed by atoms with van der Waals surface area (Å²) in [5.41, 5.74) is 2.89. The molecule has 1 aromatic heterocycles. The number of aromatic nitrogens is 1. The molecule has 1 aromatic carbocycles. The van der Waals surface area contributed by atoms with E-state index in [2.05, 4.69) is 15.2 Å². The average molecular weight is 332 g/mol. The predicted molar refractivity (Wildman–Crippen MR) is 90.9 cm³/mol. The van der Waals surface area contributed by atoms with Gasteiger partial charge in [-0.3, -0.25) is 4.90 Å². The van der Waals surface area contributed by atoms with E-state index in [4.69, 9.17) is 9.15 Å². The Hall–Kier alpha value is -2.12. The van der Waals surface area contributed by atoms with Gasteiger partial charge in [-0.1, -0.05) is 6.07 Å². The van der Waals surface area contributed by atoms with Gasteiger partial charge < -0.3 is 19.4 Å². The van der Waals surface area contributed by atoms with Gasteiger partial charge in [-0.05, 0) is 24.6 Å². The van der Waals surface area contributed by atoms with Gasteiger partial charge in [-0.15, -0.1) is 0 Å². The second kappa shape index (κ2) is 7.63. The Labute approximate surface area is 141 Å². The highest BCUT2D eigenvalue weighted by molar-refractivity contribution is 5.74. The van der Waals surface area contributed by atoms with Crippen molar-refractivity contribution in [1.82, 2.24) is 20.1 Å². The van der Waals surface area contributed by atoms with Gasteiger partial charge in [0.15, 0.2) is 5.58 Å². The maximum Gasteiger partial charge on any atom is 0.317 e. The molecule has 0 aliphatic carbocycles. The van der Waals surface area contributed by atoms with Crippen LogP contribution in [-0.2, 0) is 11.3 Å². The number of benzene rings is 1. The van der Waals surface area contributed by atoms with Crippen LogP contribution in [0.3, 0.4) is 0 Å². The van der Waals surface area contributed by atoms with Gasteiger partial charge in [0.05, 0.1) is 13.2 Å². The number of oxazole rings is 1. The number of aryl methyl sites for hydroxylation is 1. The van der Waals surface area contributed by atoms with E-state index in [1.54, 1.807) is 7.11 Å². The van der Waals surface area contributed by atoms with Crippen molar-refractivity contribution in [3.05, 3.63) is 29.7 Å². The lowest BCUT2D eigenvalue weighted by Crippen LogP contribution is -2.51. The first kappa shape index (κ1) is 16.7. The van der Waals surface area contributed by atoms with Crippen molar-refractivity contribution in [2.75, 3.05) is 46.4 Å². The van der Waals surface area contributed by atoms with Crippen LogP contribution in [0, 0.1) is 6.92 Å². The number of hydrogen-bond donors (Lipinski definition) is 1. The topological polar surface area (TPSA) is 70.8 Å². The van der Waals surface area contributed by atoms with Crippen LogP contribution in [0.1, 0.15) is 11.5 Å². The van der Waals surface area contributed by atoms with E-state index >= 15 is 0 Å². The van der Waals surface area contributed by atoms with Crippen molar-refractivity contribution in [1.29, 1.82) is 0 Å². The van der Waals surface area contributed by atoms with E-state index in [1.807, 2.05) is 30.0 Å². The normalized spacial score (nSPS) is 15.8. The fourth-order valence-corrected chi connectivity index (χ4v) is 2.82. The highest BCUT2D eigenvalue weighted by atomic mass is 16.5. The number of methoxy groups -OCH3 is 1. The molecule has 0 atom stereocenters. The maximum absolute atomic E-state index is 12.0. The minimum absolute atomic E-state index is 0.0240. The van der Waals surface area contributed by atoms with E-state index in [9.17, 15) is 4.79 Å². The Bertz CT molecular complexity index is 692. The lowest BCUT2D eigenvalue weighted by atomic mass is 10.2. The third kappa shape index (κ3) is 4.04. The second-order valence-corrected chi connectivity index (χ2v) is 6.07. The van der Waals surface area contributed by atoms with Crippen LogP contribution in [0.25, 0.3) is 11.1 Å². The van der Waals surface area contributed by atoms with Crippen molar-refractivity contribution in [2.24, 2.45) is 0 Å². The van der Waals surface area contributed by atoms with Crippen LogP contribution >= 0.6 is 0 Å². The summed E-state index contributed by atoms with van der Waals surface area (Å²) in [4.78, 5) is 20.6. The Morgan fingerprint density at radius 2 is 2.12 bits per heavy atom. The number of amides is 2. The number of urea groups is 1. The zero-order chi connectivity index (χ0) is 16.9. The van der Waals surface area contributed by atoms with E-state index in [0.29, 0.717) is 32.8 Å². The van der Waals surface area contributed by atoms with E-state index < -0.39 is 0 Å². The molecule has 0 saturated carbocycles. The van der Waals surface area contributed by atoms with Crippen LogP contribution in [0.15, 0.2) is 22.6 Å². The van der Waals surface area contributed by atoms with Crippen molar-refractivity contribution in [3.8, 4) is 0 Å². The molecule has 7 heteroatoms. The molecular weight excluding hydrogens is 308 g/mol. The van der Waals surface area contributed by atoms with Gasteiger partial charge >= 0.3 is 6.03 Å². The summed E-state index contributed by atoms with van der Waals surface area (Å²) in [7, 11) is 1.62. The number of carbonyl (C=O) groups is 1. The van der Waals surface area contributed by atoms with Crippen LogP contribution in [0.5, 0.6) is 0 Å². The highest BCUT2D eigenvalue weighted by Gasteiger charge is 2.22. The monoisotopic (exact) mass is 332 g/mol. The Morgan fingerprint density at radius 3 is 2.88 bits per heavy atom. The molecule has 2 amide bonds. The molecule has 1 fully saturated rings. The molecule has 1 N–H and O–H groups in total. The van der Waals surface area contributed by atoms with Gasteiger partial charge in [0.1, 0.15) is 5.52 Å². The van der Waals surface area contributed by atoms with E-state index in [0.717, 1.165) is 30.1 Å². The maximum atomic E-state index is 12.0. The molecule has 1 aliphatic rings. The fraction of sp³-hybridized carbons (Fsp3) is 0.529. The third-order valence-electron chi connectivity index (χ3n) is 4.19. The minimum Gasteiger partial charge on any atom is -0.439 e. The Morgan fingerprint density at radius 1 is 1.33 bits per heavy atom. The van der Waals surface area contributed by atoms with Crippen LogP contribution in [-0.4, -0.2) is 67.3 Å². The lowest BCUT2D eigenvalue weighted by Gasteiger charge is -2.33. The molecule has 1 aliphatic heterocycles. The van der Waals surface area contributed by atoms with Gasteiger partial charge in [-0.25, -0.2) is 9.78 Å². The van der Waals surface area contributed by atoms with E-state index in [-0.39, 0.29) is 6.03 Å². The molecule has 130 valence electrons. The first-order chi connectivity index (χ1) is 11.7. The van der Waals surface area contributed by atoms with Gasteiger partial charge in [0.25, 0.3) is 0 Å². The van der Waals surface area contributed by atoms with Gasteiger partial charge in [0, 0.05) is 39.8 Å². The lowest BCUT2D eigenvalue weighted by molar-refractivity contribution is 0.126. The quantitative estimate of drug-likeness (QED) is 0.843. The summed E-state index contributed by atoms with van der Waals surface area (Å²) >= 11 is 0. The average Bonchev–Trinajstić information content (AvgIpc) is 2.97. The number of nitrogens with zero attached hydrogens (tertiary/aromatic N) is 3. The summed E-state index contributed by atoms with van der Waals surface area (Å²) < 4.78 is 10.8. The number of ether oxygens (including phenoxy) is 1. The zero-order valence-corrected chi connectivity index (χ0v) is 14.2. The summed E-state index contributed by atoms with van der Waals surface area (Å²) in [5, 5.41) is 2.85. The van der Waals surface area contributed by atoms with Gasteiger partial charge in [-0.2, -0.15) is 0 Å². The fourth-order valence-electron chi connectivity index (χ4n) is 2.82. The first-order valence-corrected chi connectivity index (χ1v) is 8.26. The standard InChI is InChI=1S/C17H24N4O3/c1-13-3-4-14-15(11-13)24-16(19-14)12-20-6-8-21(9-7-20)17(22)18-5-10-23-2/h3-4,11H,5-10,12H2,1-2H3,(H,18,22). The molecule has 0 unspecified atom stereocenters. The summed E-state index contributed by atoms with van der Waals surface area (Å²) in [6, 6.07) is 6.01. The minimum atomic E-state index is -0.0240. The van der Waals surface area contributed by atoms with Crippen molar-refractivity contribution < 1.29 is 13.9 Å². The number of rotatable bonds is 5. The number of fused-ring (bicyclic) bond motifs is 1. The number of piperazine rings is 1. The molecule has 0 radical (unpaired) electrons. The van der Waals surface area contributed by atoms with Crippen molar-refractivity contribution in [2.45, 2.75) is 13.5 Å². The molecule has 0 bridgehead atoms. The molecule has 1 saturated heterocycles. The van der Waals surface area contributed by atoms with Crippen LogP contribution < -0.4 is 5.32 Å². The molecule has 2 aromatic rings. The van der Waals surface area contributed by atoms with Crippen LogP contribution in [0.2, 0.25) is 0 Å². The Balaban J connectivity index is 1.50. The summed E-state index contributed by atoms with van der Waals surface area (Å²) in [5.74, 6) is 0.730. The highest BCUT2D eigenvalue weighted by Crippen LogP contribution is 2.18. The SMILES string of the molecule is COCCNC(=O)N1CCN(Cc2nc3ccc(C)cc3o2)CC1. The zero-order valence-electron chi connectivity index (χ0n) is 14.2. The molecule has 0 spiro atoms. The predicted octanol–water partition coefficient (Wildman–Crippen LogP) is 1.61. The number of nitrogens with one attached hydrogen (secondary N) is 1. The first-order valence-electron chi connectivity index (χ1n) is 8.26. The smallest absolute Gasteiger partial charge is 0.317 e. The van der Waals surface area contributed by atoms with Crippen molar-refractivity contribution >= 4 is 17.1 Å². The number of hydrogen-bond acceptors (Lipinski definition) is 5. The summed E-state index contributed by atoms with van der Waals surface area (Å²) in [6.45, 7) is 6.83. The third-order valence-corrected chi connectivity index (χ3v) is 4.19. The molecule has 7 nitrogen and oxygen atoms in total. The molecule has 24 heavy (non-hydrogen) atoms. The second-order valence-electron chi connectivity index (χ2n) is 6.07. The van der Waals surface area contributed by atoms with Crippen LogP contribution in [0.4, 0.5) is 4.79 Å². The number of carbonyl (C=O) groups excluding carboxylic acids is 1. The molecular formula is C17H24N4O3. The van der Waals surface area contributed by atoms with E-state index in [1.165, 1.54) is 5.56 Å². The van der Waals surface area contributed by atoms with Gasteiger partial charge in [0.2, 0.25) is 5.89 Å².